The van der Waals surface area contributed by atoms with Crippen LogP contribution < -0.4 is 10.9 Å². The zero-order chi connectivity index (χ0) is 13.0. The topological polar surface area (TPSA) is 57.8 Å². The molecule has 1 aromatic heterocycles. The summed E-state index contributed by atoms with van der Waals surface area (Å²) in [5, 5.41) is 2.77. The lowest BCUT2D eigenvalue weighted by atomic mass is 10.1. The number of aromatic nitrogens is 2. The van der Waals surface area contributed by atoms with Gasteiger partial charge >= 0.3 is 0 Å². The van der Waals surface area contributed by atoms with Crippen molar-refractivity contribution in [2.45, 2.75) is 5.38 Å². The summed E-state index contributed by atoms with van der Waals surface area (Å²) in [6.45, 7) is 0.432. The summed E-state index contributed by atoms with van der Waals surface area (Å²) in [6, 6.07) is 9.64. The maximum absolute atomic E-state index is 11.3. The number of nitrogens with zero attached hydrogens (tertiary/aromatic N) is 1. The Balaban J connectivity index is 2.04. The van der Waals surface area contributed by atoms with Gasteiger partial charge in [0.15, 0.2) is 5.82 Å². The van der Waals surface area contributed by atoms with Crippen molar-refractivity contribution < 1.29 is 0 Å². The molecule has 4 nitrogen and oxygen atoms in total. The Hall–Kier alpha value is -1.52. The maximum atomic E-state index is 11.3. The van der Waals surface area contributed by atoms with Gasteiger partial charge in [-0.25, -0.2) is 4.98 Å². The molecule has 94 valence electrons. The molecule has 0 fully saturated rings. The molecule has 1 unspecified atom stereocenters. The molecule has 2 N–H and O–H groups in total. The summed E-state index contributed by atoms with van der Waals surface area (Å²) in [5.74, 6) is 0.335. The van der Waals surface area contributed by atoms with Crippen LogP contribution in [0.5, 0.6) is 0 Å². The van der Waals surface area contributed by atoms with E-state index in [1.54, 1.807) is 0 Å². The van der Waals surface area contributed by atoms with Crippen molar-refractivity contribution in [1.82, 2.24) is 9.97 Å². The minimum absolute atomic E-state index is 0.0365. The third-order valence-electron chi connectivity index (χ3n) is 2.41. The molecule has 1 heterocycles. The van der Waals surface area contributed by atoms with E-state index in [4.69, 9.17) is 23.2 Å². The Kier molecular flexibility index (Phi) is 4.23. The van der Waals surface area contributed by atoms with Crippen LogP contribution in [0.4, 0.5) is 5.82 Å². The van der Waals surface area contributed by atoms with Crippen LogP contribution in [0.1, 0.15) is 10.9 Å². The first kappa shape index (κ1) is 12.9. The minimum atomic E-state index is -0.375. The van der Waals surface area contributed by atoms with Crippen LogP contribution in [-0.2, 0) is 0 Å². The molecule has 1 aromatic carbocycles. The van der Waals surface area contributed by atoms with Crippen molar-refractivity contribution in [2.75, 3.05) is 11.9 Å². The highest BCUT2D eigenvalue weighted by molar-refractivity contribution is 6.32. The number of benzene rings is 1. The molecule has 0 bridgehead atoms. The molecule has 0 aliphatic carbocycles. The molecule has 1 atom stereocenters. The highest BCUT2D eigenvalue weighted by Gasteiger charge is 2.10. The zero-order valence-corrected chi connectivity index (χ0v) is 10.9. The van der Waals surface area contributed by atoms with Crippen LogP contribution in [0.25, 0.3) is 0 Å². The second kappa shape index (κ2) is 5.89. The van der Waals surface area contributed by atoms with Crippen LogP contribution in [0.3, 0.4) is 0 Å². The van der Waals surface area contributed by atoms with Gasteiger partial charge in [-0.3, -0.25) is 4.79 Å². The average Bonchev–Trinajstić information content (AvgIpc) is 2.41. The maximum Gasteiger partial charge on any atom is 0.271 e. The first-order valence-corrected chi connectivity index (χ1v) is 6.16. The van der Waals surface area contributed by atoms with Gasteiger partial charge in [-0.15, -0.1) is 11.6 Å². The number of alkyl halides is 1. The van der Waals surface area contributed by atoms with Gasteiger partial charge in [0.2, 0.25) is 0 Å². The fourth-order valence-corrected chi connectivity index (χ4v) is 1.87. The summed E-state index contributed by atoms with van der Waals surface area (Å²) in [4.78, 5) is 17.6. The van der Waals surface area contributed by atoms with Gasteiger partial charge in [0.1, 0.15) is 5.02 Å². The number of rotatable bonds is 4. The lowest BCUT2D eigenvalue weighted by Gasteiger charge is -2.11. The van der Waals surface area contributed by atoms with Gasteiger partial charge in [0.05, 0.1) is 11.7 Å². The van der Waals surface area contributed by atoms with Crippen molar-refractivity contribution in [2.24, 2.45) is 0 Å². The lowest BCUT2D eigenvalue weighted by Crippen LogP contribution is -2.14. The number of hydrogen-bond acceptors (Lipinski definition) is 3. The molecule has 0 spiro atoms. The van der Waals surface area contributed by atoms with Crippen molar-refractivity contribution in [3.63, 3.8) is 0 Å². The molecule has 0 aliphatic rings. The SMILES string of the molecule is O=c1[nH]cnc(NCC(Cl)c2ccccc2)c1Cl. The Bertz CT molecular complexity index is 571. The third kappa shape index (κ3) is 3.03. The fourth-order valence-electron chi connectivity index (χ4n) is 1.47. The number of nitrogens with one attached hydrogen (secondary N) is 2. The van der Waals surface area contributed by atoms with Gasteiger partial charge in [0, 0.05) is 6.54 Å². The number of hydrogen-bond donors (Lipinski definition) is 2. The molecule has 2 rings (SSSR count). The zero-order valence-electron chi connectivity index (χ0n) is 9.36. The lowest BCUT2D eigenvalue weighted by molar-refractivity contribution is 0.960. The van der Waals surface area contributed by atoms with E-state index < -0.39 is 0 Å². The largest absolute Gasteiger partial charge is 0.367 e. The van der Waals surface area contributed by atoms with Crippen molar-refractivity contribution in [1.29, 1.82) is 0 Å². The van der Waals surface area contributed by atoms with E-state index in [1.807, 2.05) is 30.3 Å². The predicted molar refractivity (Wildman–Crippen MR) is 73.4 cm³/mol. The van der Waals surface area contributed by atoms with E-state index in [0.29, 0.717) is 12.4 Å². The molecule has 0 saturated carbocycles. The normalized spacial score (nSPS) is 12.1. The molecule has 2 aromatic rings. The van der Waals surface area contributed by atoms with Gasteiger partial charge in [-0.1, -0.05) is 41.9 Å². The second-order valence-electron chi connectivity index (χ2n) is 3.65. The summed E-state index contributed by atoms with van der Waals surface area (Å²) >= 11 is 12.0. The van der Waals surface area contributed by atoms with E-state index in [2.05, 4.69) is 15.3 Å². The van der Waals surface area contributed by atoms with Crippen LogP contribution >= 0.6 is 23.2 Å². The number of aromatic amines is 1. The standard InChI is InChI=1S/C12H11Cl2N3O/c13-9(8-4-2-1-3-5-8)6-15-11-10(14)12(18)17-7-16-11/h1-5,7,9H,6H2,(H2,15,16,17,18). The molecular weight excluding hydrogens is 273 g/mol. The molecule has 0 amide bonds. The molecule has 0 aliphatic heterocycles. The average molecular weight is 284 g/mol. The smallest absolute Gasteiger partial charge is 0.271 e. The van der Waals surface area contributed by atoms with E-state index in [0.717, 1.165) is 5.56 Å². The van der Waals surface area contributed by atoms with Crippen molar-refractivity contribution in [3.05, 3.63) is 57.6 Å². The highest BCUT2D eigenvalue weighted by atomic mass is 35.5. The molecule has 18 heavy (non-hydrogen) atoms. The van der Waals surface area contributed by atoms with Gasteiger partial charge < -0.3 is 10.3 Å². The van der Waals surface area contributed by atoms with Gasteiger partial charge in [-0.2, -0.15) is 0 Å². The second-order valence-corrected chi connectivity index (χ2v) is 4.56. The van der Waals surface area contributed by atoms with Crippen LogP contribution in [0.15, 0.2) is 41.5 Å². The molecule has 0 saturated heterocycles. The third-order valence-corrected chi connectivity index (χ3v) is 3.16. The monoisotopic (exact) mass is 283 g/mol. The van der Waals surface area contributed by atoms with Crippen LogP contribution in [-0.4, -0.2) is 16.5 Å². The number of halogens is 2. The molecule has 6 heteroatoms. The van der Waals surface area contributed by atoms with Gasteiger partial charge in [0.25, 0.3) is 5.56 Å². The minimum Gasteiger partial charge on any atom is -0.367 e. The van der Waals surface area contributed by atoms with E-state index in [9.17, 15) is 4.79 Å². The molecule has 0 radical (unpaired) electrons. The first-order chi connectivity index (χ1) is 8.68. The van der Waals surface area contributed by atoms with E-state index in [1.165, 1.54) is 6.33 Å². The summed E-state index contributed by atoms with van der Waals surface area (Å²) in [6.07, 6.45) is 1.29. The molecular formula is C12H11Cl2N3O. The Morgan fingerprint density at radius 1 is 1.33 bits per heavy atom. The van der Waals surface area contributed by atoms with Crippen LogP contribution in [0, 0.1) is 0 Å². The first-order valence-electron chi connectivity index (χ1n) is 5.34. The van der Waals surface area contributed by atoms with Crippen molar-refractivity contribution >= 4 is 29.0 Å². The number of anilines is 1. The quantitative estimate of drug-likeness (QED) is 0.849. The predicted octanol–water partition coefficient (Wildman–Crippen LogP) is 2.82. The summed E-state index contributed by atoms with van der Waals surface area (Å²) < 4.78 is 0. The highest BCUT2D eigenvalue weighted by Crippen LogP contribution is 2.21. The summed E-state index contributed by atoms with van der Waals surface area (Å²) in [7, 11) is 0. The van der Waals surface area contributed by atoms with Crippen molar-refractivity contribution in [3.8, 4) is 0 Å². The Morgan fingerprint density at radius 3 is 2.78 bits per heavy atom. The number of H-pyrrole nitrogens is 1. The summed E-state index contributed by atoms with van der Waals surface area (Å²) in [5.41, 5.74) is 0.618. The Labute approximate surface area is 114 Å². The van der Waals surface area contributed by atoms with E-state index in [-0.39, 0.29) is 16.0 Å². The van der Waals surface area contributed by atoms with E-state index >= 15 is 0 Å². The van der Waals surface area contributed by atoms with Gasteiger partial charge in [-0.05, 0) is 5.56 Å². The fraction of sp³-hybridized carbons (Fsp3) is 0.167. The van der Waals surface area contributed by atoms with Crippen LogP contribution in [0.2, 0.25) is 5.02 Å². The Morgan fingerprint density at radius 2 is 2.06 bits per heavy atom.